The molecule has 0 aromatic carbocycles. The van der Waals surface area contributed by atoms with E-state index in [9.17, 15) is 0 Å². The van der Waals surface area contributed by atoms with Gasteiger partial charge in [0.25, 0.3) is 0 Å². The largest absolute Gasteiger partial charge is 0.368 e. The van der Waals surface area contributed by atoms with E-state index in [1.165, 1.54) is 0 Å². The molecule has 1 unspecified atom stereocenters. The van der Waals surface area contributed by atoms with Gasteiger partial charge in [0.15, 0.2) is 6.29 Å². The molecule has 0 spiro atoms. The summed E-state index contributed by atoms with van der Waals surface area (Å²) in [6.45, 7) is 2.79. The van der Waals surface area contributed by atoms with E-state index in [0.29, 0.717) is 0 Å². The maximum absolute atomic E-state index is 8.69. The highest BCUT2D eigenvalue weighted by Crippen LogP contribution is 2.08. The Morgan fingerprint density at radius 3 is 2.36 bits per heavy atom. The van der Waals surface area contributed by atoms with E-state index < -0.39 is 6.29 Å². The van der Waals surface area contributed by atoms with Gasteiger partial charge in [-0.15, -0.1) is 11.6 Å². The second-order valence-corrected chi connectivity index (χ2v) is 2.89. The summed E-state index contributed by atoms with van der Waals surface area (Å²) in [5, 5.41) is 8.69. The molecule has 0 saturated carbocycles. The zero-order valence-corrected chi connectivity index (χ0v) is 7.81. The first-order chi connectivity index (χ1) is 5.31. The van der Waals surface area contributed by atoms with E-state index >= 15 is 0 Å². The topological polar surface area (TPSA) is 29.5 Å². The van der Waals surface area contributed by atoms with Crippen molar-refractivity contribution in [2.45, 2.75) is 38.9 Å². The normalized spacial score (nSPS) is 23.7. The van der Waals surface area contributed by atoms with Crippen molar-refractivity contribution in [3.8, 4) is 0 Å². The number of ether oxygens (including phenoxy) is 1. The highest BCUT2D eigenvalue weighted by Gasteiger charge is 2.07. The van der Waals surface area contributed by atoms with Crippen LogP contribution in [0.1, 0.15) is 32.6 Å². The van der Waals surface area contributed by atoms with E-state index in [1.807, 2.05) is 6.92 Å². The van der Waals surface area contributed by atoms with Crippen LogP contribution in [0.25, 0.3) is 0 Å². The predicted octanol–water partition coefficient (Wildman–Crippen LogP) is 2.14. The van der Waals surface area contributed by atoms with Gasteiger partial charge in [-0.1, -0.05) is 6.92 Å². The Bertz CT molecular complexity index is 70.5. The molecular formula is C8H17ClO2. The molecule has 11 heavy (non-hydrogen) atoms. The maximum Gasteiger partial charge on any atom is 0.154 e. The van der Waals surface area contributed by atoms with E-state index in [2.05, 4.69) is 0 Å². The Morgan fingerprint density at radius 2 is 2.18 bits per heavy atom. The van der Waals surface area contributed by atoms with Crippen LogP contribution in [0.15, 0.2) is 0 Å². The van der Waals surface area contributed by atoms with Crippen molar-refractivity contribution >= 4 is 11.6 Å². The van der Waals surface area contributed by atoms with Gasteiger partial charge in [-0.2, -0.15) is 0 Å². The van der Waals surface area contributed by atoms with Crippen molar-refractivity contribution in [3.63, 3.8) is 0 Å². The lowest BCUT2D eigenvalue weighted by Gasteiger charge is -2.16. The van der Waals surface area contributed by atoms with Crippen LogP contribution >= 0.6 is 11.6 Å². The summed E-state index contributed by atoms with van der Waals surface area (Å²) >= 11 is 5.19. The molecule has 1 rings (SSSR count). The minimum absolute atomic E-state index is 0.464. The van der Waals surface area contributed by atoms with Crippen molar-refractivity contribution in [1.29, 1.82) is 0 Å². The maximum atomic E-state index is 8.69. The number of aliphatic hydroxyl groups is 1. The minimum atomic E-state index is -0.464. The Labute approximate surface area is 73.5 Å². The van der Waals surface area contributed by atoms with Gasteiger partial charge < -0.3 is 9.84 Å². The van der Waals surface area contributed by atoms with Crippen molar-refractivity contribution in [2.24, 2.45) is 0 Å². The Balaban J connectivity index is 0.000000218. The first-order valence-electron chi connectivity index (χ1n) is 4.17. The molecule has 68 valence electrons. The van der Waals surface area contributed by atoms with Crippen LogP contribution in [0.3, 0.4) is 0 Å². The number of rotatable bonds is 1. The summed E-state index contributed by atoms with van der Waals surface area (Å²) < 4.78 is 4.83. The standard InChI is InChI=1S/C5H10O2.C3H7Cl/c6-5-3-1-2-4-7-5;1-2-3-4/h5-6H,1-4H2;2-3H2,1H3. The fourth-order valence-corrected chi connectivity index (χ4v) is 0.724. The van der Waals surface area contributed by atoms with Crippen molar-refractivity contribution < 1.29 is 9.84 Å². The molecule has 1 aliphatic rings. The first-order valence-corrected chi connectivity index (χ1v) is 4.70. The summed E-state index contributed by atoms with van der Waals surface area (Å²) in [7, 11) is 0. The summed E-state index contributed by atoms with van der Waals surface area (Å²) in [5.74, 6) is 0.792. The van der Waals surface area contributed by atoms with Gasteiger partial charge >= 0.3 is 0 Å². The average Bonchev–Trinajstić information content (AvgIpc) is 2.07. The van der Waals surface area contributed by atoms with Gasteiger partial charge in [0.05, 0.1) is 0 Å². The average molecular weight is 181 g/mol. The molecule has 1 saturated heterocycles. The van der Waals surface area contributed by atoms with Gasteiger partial charge in [0.1, 0.15) is 0 Å². The SMILES string of the molecule is CCCCl.OC1CCCCO1. The molecular weight excluding hydrogens is 164 g/mol. The fraction of sp³-hybridized carbons (Fsp3) is 1.00. The van der Waals surface area contributed by atoms with Gasteiger partial charge in [0.2, 0.25) is 0 Å². The molecule has 0 radical (unpaired) electrons. The van der Waals surface area contributed by atoms with Gasteiger partial charge in [0, 0.05) is 12.5 Å². The van der Waals surface area contributed by atoms with Crippen molar-refractivity contribution in [3.05, 3.63) is 0 Å². The third kappa shape index (κ3) is 8.11. The van der Waals surface area contributed by atoms with Crippen LogP contribution in [-0.4, -0.2) is 23.9 Å². The molecule has 0 bridgehead atoms. The van der Waals surface area contributed by atoms with E-state index in [4.69, 9.17) is 21.4 Å². The van der Waals surface area contributed by atoms with Crippen LogP contribution in [0.5, 0.6) is 0 Å². The molecule has 3 heteroatoms. The first kappa shape index (κ1) is 11.2. The zero-order valence-electron chi connectivity index (χ0n) is 7.05. The second-order valence-electron chi connectivity index (χ2n) is 2.51. The third-order valence-corrected chi connectivity index (χ3v) is 1.72. The van der Waals surface area contributed by atoms with Crippen LogP contribution in [0.4, 0.5) is 0 Å². The lowest BCUT2D eigenvalue weighted by atomic mass is 10.2. The lowest BCUT2D eigenvalue weighted by molar-refractivity contribution is -0.123. The summed E-state index contributed by atoms with van der Waals surface area (Å²) in [5.41, 5.74) is 0. The molecule has 1 atom stereocenters. The molecule has 1 N–H and O–H groups in total. The summed E-state index contributed by atoms with van der Waals surface area (Å²) in [6.07, 6.45) is 3.66. The molecule has 1 fully saturated rings. The molecule has 1 heterocycles. The molecule has 2 nitrogen and oxygen atoms in total. The molecule has 0 aromatic rings. The fourth-order valence-electron chi connectivity index (χ4n) is 0.724. The van der Waals surface area contributed by atoms with Gasteiger partial charge in [-0.05, 0) is 25.7 Å². The van der Waals surface area contributed by atoms with Crippen LogP contribution in [-0.2, 0) is 4.74 Å². The van der Waals surface area contributed by atoms with E-state index in [1.54, 1.807) is 0 Å². The van der Waals surface area contributed by atoms with Crippen molar-refractivity contribution in [1.82, 2.24) is 0 Å². The number of aliphatic hydroxyl groups excluding tert-OH is 1. The Morgan fingerprint density at radius 1 is 1.55 bits per heavy atom. The highest BCUT2D eigenvalue weighted by molar-refractivity contribution is 6.17. The van der Waals surface area contributed by atoms with Gasteiger partial charge in [-0.25, -0.2) is 0 Å². The van der Waals surface area contributed by atoms with Crippen LogP contribution in [0.2, 0.25) is 0 Å². The third-order valence-electron chi connectivity index (χ3n) is 1.34. The number of alkyl halides is 1. The van der Waals surface area contributed by atoms with Crippen LogP contribution < -0.4 is 0 Å². The quantitative estimate of drug-likeness (QED) is 0.627. The van der Waals surface area contributed by atoms with E-state index in [0.717, 1.165) is 38.2 Å². The van der Waals surface area contributed by atoms with Gasteiger partial charge in [-0.3, -0.25) is 0 Å². The predicted molar refractivity (Wildman–Crippen MR) is 46.8 cm³/mol. The smallest absolute Gasteiger partial charge is 0.154 e. The monoisotopic (exact) mass is 180 g/mol. The number of halogens is 1. The summed E-state index contributed by atoms with van der Waals surface area (Å²) in [4.78, 5) is 0. The molecule has 1 aliphatic heterocycles. The summed E-state index contributed by atoms with van der Waals surface area (Å²) in [6, 6.07) is 0. The molecule has 0 amide bonds. The number of hydrogen-bond acceptors (Lipinski definition) is 2. The Hall–Kier alpha value is 0.210. The Kier molecular flexibility index (Phi) is 8.47. The van der Waals surface area contributed by atoms with E-state index in [-0.39, 0.29) is 0 Å². The highest BCUT2D eigenvalue weighted by atomic mass is 35.5. The molecule has 0 aromatic heterocycles. The number of hydrogen-bond donors (Lipinski definition) is 1. The van der Waals surface area contributed by atoms with Crippen LogP contribution in [0, 0.1) is 0 Å². The molecule has 0 aliphatic carbocycles. The van der Waals surface area contributed by atoms with Crippen molar-refractivity contribution in [2.75, 3.05) is 12.5 Å². The zero-order chi connectivity index (χ0) is 8.53. The lowest BCUT2D eigenvalue weighted by Crippen LogP contribution is -2.17. The minimum Gasteiger partial charge on any atom is -0.368 e. The second kappa shape index (κ2) is 8.31.